The molecule has 0 aliphatic carbocycles. The van der Waals surface area contributed by atoms with E-state index in [-0.39, 0.29) is 17.4 Å². The number of carbonyl (C=O) groups excluding carboxylic acids is 1. The largest absolute Gasteiger partial charge is 0.358 e. The normalized spacial score (nSPS) is 12.9. The van der Waals surface area contributed by atoms with Crippen LogP contribution in [0, 0.1) is 0 Å². The lowest BCUT2D eigenvalue weighted by Gasteiger charge is -2.19. The van der Waals surface area contributed by atoms with Crippen molar-refractivity contribution in [2.75, 3.05) is 11.9 Å². The molecule has 5 nitrogen and oxygen atoms in total. The summed E-state index contributed by atoms with van der Waals surface area (Å²) in [4.78, 5) is 20.7. The summed E-state index contributed by atoms with van der Waals surface area (Å²) in [5.41, 5.74) is -0.145. The van der Waals surface area contributed by atoms with E-state index < -0.39 is 0 Å². The van der Waals surface area contributed by atoms with Gasteiger partial charge in [0.2, 0.25) is 5.91 Å². The third kappa shape index (κ3) is 5.07. The Labute approximate surface area is 129 Å². The molecule has 6 heteroatoms. The van der Waals surface area contributed by atoms with Crippen molar-refractivity contribution in [3.63, 3.8) is 0 Å². The number of nitrogens with one attached hydrogen (secondary N) is 2. The zero-order valence-electron chi connectivity index (χ0n) is 12.7. The smallest absolute Gasteiger partial charge is 0.242 e. The summed E-state index contributed by atoms with van der Waals surface area (Å²) in [6.45, 7) is 10.7. The molecule has 0 radical (unpaired) electrons. The minimum Gasteiger partial charge on any atom is -0.358 e. The van der Waals surface area contributed by atoms with E-state index in [2.05, 4.69) is 57.3 Å². The molecule has 0 aromatic carbocycles. The van der Waals surface area contributed by atoms with Gasteiger partial charge in [0.25, 0.3) is 0 Å². The van der Waals surface area contributed by atoms with Gasteiger partial charge in [0.15, 0.2) is 0 Å². The number of rotatable bonds is 5. The van der Waals surface area contributed by atoms with Crippen molar-refractivity contribution in [1.82, 2.24) is 15.3 Å². The van der Waals surface area contributed by atoms with Gasteiger partial charge in [0.05, 0.1) is 0 Å². The van der Waals surface area contributed by atoms with Crippen LogP contribution in [0.25, 0.3) is 0 Å². The van der Waals surface area contributed by atoms with Crippen LogP contribution in [-0.2, 0) is 10.2 Å². The number of aromatic nitrogens is 2. The number of halogens is 1. The van der Waals surface area contributed by atoms with E-state index in [9.17, 15) is 4.79 Å². The van der Waals surface area contributed by atoms with Crippen LogP contribution < -0.4 is 10.6 Å². The third-order valence-corrected chi connectivity index (χ3v) is 3.08. The van der Waals surface area contributed by atoms with E-state index in [0.29, 0.717) is 17.0 Å². The van der Waals surface area contributed by atoms with Crippen LogP contribution in [0.3, 0.4) is 0 Å². The molecule has 0 bridgehead atoms. The van der Waals surface area contributed by atoms with E-state index in [1.165, 1.54) is 0 Å². The standard InChI is InChI=1S/C14H23BrN4O/c1-6-7-16-12(20)9(2)17-11-8-10(15)18-13(19-11)14(3,4)5/h8-9H,6-7H2,1-5H3,(H,16,20)(H,17,18,19). The third-order valence-electron chi connectivity index (χ3n) is 2.67. The van der Waals surface area contributed by atoms with Crippen molar-refractivity contribution in [3.8, 4) is 0 Å². The van der Waals surface area contributed by atoms with E-state index in [1.807, 2.05) is 13.8 Å². The molecule has 0 saturated heterocycles. The van der Waals surface area contributed by atoms with Crippen molar-refractivity contribution < 1.29 is 4.79 Å². The van der Waals surface area contributed by atoms with Gasteiger partial charge in [0, 0.05) is 18.0 Å². The van der Waals surface area contributed by atoms with E-state index in [4.69, 9.17) is 0 Å². The van der Waals surface area contributed by atoms with Crippen molar-refractivity contribution in [2.24, 2.45) is 0 Å². The molecule has 1 atom stereocenters. The molecule has 20 heavy (non-hydrogen) atoms. The molecule has 0 aliphatic heterocycles. The SMILES string of the molecule is CCCNC(=O)C(C)Nc1cc(Br)nc(C(C)(C)C)n1. The summed E-state index contributed by atoms with van der Waals surface area (Å²) < 4.78 is 0.709. The molecule has 1 heterocycles. The van der Waals surface area contributed by atoms with Gasteiger partial charge in [-0.15, -0.1) is 0 Å². The maximum atomic E-state index is 11.8. The molecule has 0 aliphatic rings. The van der Waals surface area contributed by atoms with Gasteiger partial charge in [-0.3, -0.25) is 4.79 Å². The summed E-state index contributed by atoms with van der Waals surface area (Å²) >= 11 is 3.38. The zero-order valence-corrected chi connectivity index (χ0v) is 14.3. The Morgan fingerprint density at radius 2 is 2.05 bits per heavy atom. The molecule has 1 aromatic heterocycles. The molecule has 0 spiro atoms. The average molecular weight is 343 g/mol. The first-order valence-corrected chi connectivity index (χ1v) is 7.62. The molecule has 1 unspecified atom stereocenters. The number of amides is 1. The van der Waals surface area contributed by atoms with Crippen LogP contribution in [0.15, 0.2) is 10.7 Å². The van der Waals surface area contributed by atoms with Gasteiger partial charge < -0.3 is 10.6 Å². The zero-order chi connectivity index (χ0) is 15.3. The molecular weight excluding hydrogens is 320 g/mol. The molecule has 1 rings (SSSR count). The van der Waals surface area contributed by atoms with Gasteiger partial charge in [-0.1, -0.05) is 27.7 Å². The maximum absolute atomic E-state index is 11.8. The van der Waals surface area contributed by atoms with Crippen molar-refractivity contribution in [2.45, 2.75) is 52.5 Å². The predicted molar refractivity (Wildman–Crippen MR) is 84.8 cm³/mol. The Morgan fingerprint density at radius 3 is 2.60 bits per heavy atom. The van der Waals surface area contributed by atoms with Gasteiger partial charge in [0.1, 0.15) is 22.3 Å². The highest BCUT2D eigenvalue weighted by Crippen LogP contribution is 2.22. The minimum atomic E-state index is -0.337. The second-order valence-electron chi connectivity index (χ2n) is 5.81. The van der Waals surface area contributed by atoms with Crippen LogP contribution in [0.4, 0.5) is 5.82 Å². The molecule has 1 aromatic rings. The highest BCUT2D eigenvalue weighted by molar-refractivity contribution is 9.10. The lowest BCUT2D eigenvalue weighted by molar-refractivity contribution is -0.121. The molecule has 1 amide bonds. The second-order valence-corrected chi connectivity index (χ2v) is 6.62. The minimum absolute atomic E-state index is 0.0288. The van der Waals surface area contributed by atoms with E-state index in [0.717, 1.165) is 12.2 Å². The Morgan fingerprint density at radius 1 is 1.40 bits per heavy atom. The van der Waals surface area contributed by atoms with E-state index in [1.54, 1.807) is 6.07 Å². The van der Waals surface area contributed by atoms with Crippen LogP contribution in [0.5, 0.6) is 0 Å². The first-order valence-electron chi connectivity index (χ1n) is 6.83. The Hall–Kier alpha value is -1.17. The Kier molecular flexibility index (Phi) is 5.92. The van der Waals surface area contributed by atoms with Crippen LogP contribution in [-0.4, -0.2) is 28.5 Å². The summed E-state index contributed by atoms with van der Waals surface area (Å²) in [5.74, 6) is 1.35. The summed E-state index contributed by atoms with van der Waals surface area (Å²) in [6.07, 6.45) is 0.922. The van der Waals surface area contributed by atoms with Gasteiger partial charge >= 0.3 is 0 Å². The topological polar surface area (TPSA) is 66.9 Å². The number of anilines is 1. The molecule has 0 fully saturated rings. The van der Waals surface area contributed by atoms with Crippen molar-refractivity contribution in [3.05, 3.63) is 16.5 Å². The van der Waals surface area contributed by atoms with Crippen LogP contribution >= 0.6 is 15.9 Å². The number of carbonyl (C=O) groups is 1. The first-order chi connectivity index (χ1) is 9.24. The Balaban J connectivity index is 2.82. The predicted octanol–water partition coefficient (Wildman–Crippen LogP) is 2.86. The fraction of sp³-hybridized carbons (Fsp3) is 0.643. The summed E-state index contributed by atoms with van der Waals surface area (Å²) in [5, 5.41) is 5.97. The van der Waals surface area contributed by atoms with Crippen molar-refractivity contribution >= 4 is 27.7 Å². The van der Waals surface area contributed by atoms with Crippen LogP contribution in [0.1, 0.15) is 46.9 Å². The quantitative estimate of drug-likeness (QED) is 0.807. The molecule has 112 valence electrons. The maximum Gasteiger partial charge on any atom is 0.242 e. The molecular formula is C14H23BrN4O. The number of nitrogens with zero attached hydrogens (tertiary/aromatic N) is 2. The van der Waals surface area contributed by atoms with Crippen LogP contribution in [0.2, 0.25) is 0 Å². The first kappa shape index (κ1) is 16.9. The fourth-order valence-corrected chi connectivity index (χ4v) is 1.90. The van der Waals surface area contributed by atoms with Crippen molar-refractivity contribution in [1.29, 1.82) is 0 Å². The van der Waals surface area contributed by atoms with Gasteiger partial charge in [-0.05, 0) is 29.3 Å². The van der Waals surface area contributed by atoms with Gasteiger partial charge in [-0.2, -0.15) is 0 Å². The van der Waals surface area contributed by atoms with Gasteiger partial charge in [-0.25, -0.2) is 9.97 Å². The average Bonchev–Trinajstić information content (AvgIpc) is 2.34. The lowest BCUT2D eigenvalue weighted by Crippen LogP contribution is -2.38. The number of hydrogen-bond acceptors (Lipinski definition) is 4. The monoisotopic (exact) mass is 342 g/mol. The Bertz CT molecular complexity index is 471. The fourth-order valence-electron chi connectivity index (χ4n) is 1.52. The second kappa shape index (κ2) is 7.02. The summed E-state index contributed by atoms with van der Waals surface area (Å²) in [6, 6.07) is 1.44. The molecule has 0 saturated carbocycles. The van der Waals surface area contributed by atoms with E-state index >= 15 is 0 Å². The molecule has 2 N–H and O–H groups in total. The number of hydrogen-bond donors (Lipinski definition) is 2. The highest BCUT2D eigenvalue weighted by Gasteiger charge is 2.20. The lowest BCUT2D eigenvalue weighted by atomic mass is 9.96. The highest BCUT2D eigenvalue weighted by atomic mass is 79.9. The summed E-state index contributed by atoms with van der Waals surface area (Å²) in [7, 11) is 0.